The molecule has 0 bridgehead atoms. The molecule has 1 rings (SSSR count). The lowest BCUT2D eigenvalue weighted by Crippen LogP contribution is -2.41. The number of carbonyl (C=O) groups is 1. The molecule has 0 saturated heterocycles. The highest BCUT2D eigenvalue weighted by Crippen LogP contribution is 2.07. The Labute approximate surface area is 96.4 Å². The van der Waals surface area contributed by atoms with Gasteiger partial charge in [-0.15, -0.1) is 0 Å². The summed E-state index contributed by atoms with van der Waals surface area (Å²) >= 11 is 0. The third-order valence-corrected chi connectivity index (χ3v) is 2.56. The van der Waals surface area contributed by atoms with E-state index >= 15 is 0 Å². The molecule has 1 aromatic rings. The number of hydrogen-bond acceptors (Lipinski definition) is 3. The standard InChI is InChI=1S/C12H20N2O2/c1-3-4-5-11(13)12(15)14(2)8-10-6-7-16-9-10/h6-7,9,11H,3-5,8,13H2,1-2H3/t11-/m0/s1. The van der Waals surface area contributed by atoms with Gasteiger partial charge >= 0.3 is 0 Å². The molecule has 0 aromatic carbocycles. The Morgan fingerprint density at radius 2 is 2.38 bits per heavy atom. The predicted molar refractivity (Wildman–Crippen MR) is 62.7 cm³/mol. The maximum Gasteiger partial charge on any atom is 0.239 e. The second-order valence-electron chi connectivity index (χ2n) is 4.07. The van der Waals surface area contributed by atoms with E-state index in [1.165, 1.54) is 0 Å². The fraction of sp³-hybridized carbons (Fsp3) is 0.583. The van der Waals surface area contributed by atoms with Crippen molar-refractivity contribution < 1.29 is 9.21 Å². The zero-order valence-electron chi connectivity index (χ0n) is 9.98. The summed E-state index contributed by atoms with van der Waals surface area (Å²) in [6, 6.07) is 1.47. The number of nitrogens with zero attached hydrogens (tertiary/aromatic N) is 1. The Hall–Kier alpha value is -1.29. The fourth-order valence-corrected chi connectivity index (χ4v) is 1.56. The number of carbonyl (C=O) groups excluding carboxylic acids is 1. The summed E-state index contributed by atoms with van der Waals surface area (Å²) in [5.41, 5.74) is 6.80. The Balaban J connectivity index is 2.41. The lowest BCUT2D eigenvalue weighted by atomic mass is 10.1. The molecule has 1 amide bonds. The molecule has 0 aliphatic carbocycles. The van der Waals surface area contributed by atoms with E-state index in [1.54, 1.807) is 24.5 Å². The van der Waals surface area contributed by atoms with Crippen molar-refractivity contribution in [2.75, 3.05) is 7.05 Å². The van der Waals surface area contributed by atoms with E-state index in [0.717, 1.165) is 24.8 Å². The minimum atomic E-state index is -0.378. The zero-order valence-corrected chi connectivity index (χ0v) is 9.98. The van der Waals surface area contributed by atoms with Gasteiger partial charge in [0.15, 0.2) is 0 Å². The van der Waals surface area contributed by atoms with Gasteiger partial charge in [-0.05, 0) is 12.5 Å². The van der Waals surface area contributed by atoms with Crippen LogP contribution in [0.15, 0.2) is 23.0 Å². The van der Waals surface area contributed by atoms with Crippen LogP contribution in [0.5, 0.6) is 0 Å². The Morgan fingerprint density at radius 1 is 1.62 bits per heavy atom. The molecule has 1 heterocycles. The first kappa shape index (κ1) is 12.8. The van der Waals surface area contributed by atoms with Crippen molar-refractivity contribution in [2.45, 2.75) is 38.8 Å². The van der Waals surface area contributed by atoms with Crippen LogP contribution in [0.4, 0.5) is 0 Å². The molecule has 2 N–H and O–H groups in total. The van der Waals surface area contributed by atoms with Crippen LogP contribution in [0, 0.1) is 0 Å². The summed E-state index contributed by atoms with van der Waals surface area (Å²) in [4.78, 5) is 13.5. The SMILES string of the molecule is CCCC[C@H](N)C(=O)N(C)Cc1ccoc1. The van der Waals surface area contributed by atoms with E-state index in [2.05, 4.69) is 6.92 Å². The van der Waals surface area contributed by atoms with Crippen LogP contribution in [0.3, 0.4) is 0 Å². The van der Waals surface area contributed by atoms with Gasteiger partial charge in [-0.1, -0.05) is 19.8 Å². The van der Waals surface area contributed by atoms with Gasteiger partial charge < -0.3 is 15.1 Å². The smallest absolute Gasteiger partial charge is 0.239 e. The van der Waals surface area contributed by atoms with E-state index in [1.807, 2.05) is 6.07 Å². The molecule has 90 valence electrons. The fourth-order valence-electron chi connectivity index (χ4n) is 1.56. The number of unbranched alkanes of at least 4 members (excludes halogenated alkanes) is 1. The molecule has 0 radical (unpaired) electrons. The van der Waals surface area contributed by atoms with Crippen molar-refractivity contribution in [3.63, 3.8) is 0 Å². The monoisotopic (exact) mass is 224 g/mol. The molecule has 0 fully saturated rings. The van der Waals surface area contributed by atoms with Gasteiger partial charge in [0.05, 0.1) is 18.6 Å². The molecule has 0 aliphatic rings. The Bertz CT molecular complexity index is 309. The number of likely N-dealkylation sites (N-methyl/N-ethyl adjacent to an activating group) is 1. The van der Waals surface area contributed by atoms with Gasteiger partial charge in [-0.2, -0.15) is 0 Å². The molecule has 16 heavy (non-hydrogen) atoms. The van der Waals surface area contributed by atoms with Crippen LogP contribution < -0.4 is 5.73 Å². The largest absolute Gasteiger partial charge is 0.472 e. The third-order valence-electron chi connectivity index (χ3n) is 2.56. The number of furan rings is 1. The molecular weight excluding hydrogens is 204 g/mol. The summed E-state index contributed by atoms with van der Waals surface area (Å²) in [7, 11) is 1.77. The lowest BCUT2D eigenvalue weighted by molar-refractivity contribution is -0.132. The van der Waals surface area contributed by atoms with E-state index in [9.17, 15) is 4.79 Å². The van der Waals surface area contributed by atoms with Gasteiger partial charge in [-0.25, -0.2) is 0 Å². The van der Waals surface area contributed by atoms with Crippen molar-refractivity contribution in [1.82, 2.24) is 4.90 Å². The predicted octanol–water partition coefficient (Wildman–Crippen LogP) is 1.76. The normalized spacial score (nSPS) is 12.4. The summed E-state index contributed by atoms with van der Waals surface area (Å²) in [5.74, 6) is -0.00495. The first-order chi connectivity index (χ1) is 7.65. The molecule has 0 saturated carbocycles. The topological polar surface area (TPSA) is 59.5 Å². The summed E-state index contributed by atoms with van der Waals surface area (Å²) in [6.45, 7) is 2.64. The minimum Gasteiger partial charge on any atom is -0.472 e. The van der Waals surface area contributed by atoms with Crippen molar-refractivity contribution in [1.29, 1.82) is 0 Å². The van der Waals surface area contributed by atoms with Crippen molar-refractivity contribution >= 4 is 5.91 Å². The average molecular weight is 224 g/mol. The summed E-state index contributed by atoms with van der Waals surface area (Å²) < 4.78 is 4.95. The highest BCUT2D eigenvalue weighted by Gasteiger charge is 2.17. The number of rotatable bonds is 6. The van der Waals surface area contributed by atoms with Gasteiger partial charge in [-0.3, -0.25) is 4.79 Å². The maximum absolute atomic E-state index is 11.8. The summed E-state index contributed by atoms with van der Waals surface area (Å²) in [5, 5.41) is 0. The number of nitrogens with two attached hydrogens (primary N) is 1. The van der Waals surface area contributed by atoms with E-state index in [-0.39, 0.29) is 11.9 Å². The van der Waals surface area contributed by atoms with Crippen LogP contribution in [-0.2, 0) is 11.3 Å². The van der Waals surface area contributed by atoms with Crippen LogP contribution >= 0.6 is 0 Å². The lowest BCUT2D eigenvalue weighted by Gasteiger charge is -2.20. The molecule has 1 aromatic heterocycles. The van der Waals surface area contributed by atoms with Crippen LogP contribution in [-0.4, -0.2) is 23.9 Å². The molecular formula is C12H20N2O2. The molecule has 4 nitrogen and oxygen atoms in total. The molecule has 0 spiro atoms. The Morgan fingerprint density at radius 3 is 2.94 bits per heavy atom. The van der Waals surface area contributed by atoms with Gasteiger partial charge in [0.2, 0.25) is 5.91 Å². The second-order valence-corrected chi connectivity index (χ2v) is 4.07. The number of amides is 1. The molecule has 0 unspecified atom stereocenters. The first-order valence-corrected chi connectivity index (χ1v) is 5.66. The number of hydrogen-bond donors (Lipinski definition) is 1. The van der Waals surface area contributed by atoms with Gasteiger partial charge in [0, 0.05) is 19.2 Å². The van der Waals surface area contributed by atoms with Crippen molar-refractivity contribution in [3.05, 3.63) is 24.2 Å². The van der Waals surface area contributed by atoms with E-state index in [4.69, 9.17) is 10.2 Å². The van der Waals surface area contributed by atoms with Crippen LogP contribution in [0.25, 0.3) is 0 Å². The van der Waals surface area contributed by atoms with Crippen molar-refractivity contribution in [2.24, 2.45) is 5.73 Å². The maximum atomic E-state index is 11.8. The van der Waals surface area contributed by atoms with E-state index < -0.39 is 0 Å². The Kier molecular flexibility index (Phi) is 5.05. The quantitative estimate of drug-likeness (QED) is 0.801. The van der Waals surface area contributed by atoms with E-state index in [0.29, 0.717) is 6.54 Å². The summed E-state index contributed by atoms with van der Waals surface area (Å²) in [6.07, 6.45) is 6.05. The molecule has 0 aliphatic heterocycles. The van der Waals surface area contributed by atoms with Gasteiger partial charge in [0.25, 0.3) is 0 Å². The third kappa shape index (κ3) is 3.70. The first-order valence-electron chi connectivity index (χ1n) is 5.66. The molecule has 1 atom stereocenters. The molecule has 4 heteroatoms. The highest BCUT2D eigenvalue weighted by atomic mass is 16.3. The van der Waals surface area contributed by atoms with Crippen molar-refractivity contribution in [3.8, 4) is 0 Å². The van der Waals surface area contributed by atoms with Crippen LogP contribution in [0.1, 0.15) is 31.7 Å². The minimum absolute atomic E-state index is 0.00495. The average Bonchev–Trinajstić information content (AvgIpc) is 2.77. The second kappa shape index (κ2) is 6.33. The van der Waals surface area contributed by atoms with Crippen LogP contribution in [0.2, 0.25) is 0 Å². The van der Waals surface area contributed by atoms with Gasteiger partial charge in [0.1, 0.15) is 0 Å². The highest BCUT2D eigenvalue weighted by molar-refractivity contribution is 5.81. The zero-order chi connectivity index (χ0) is 12.0.